The lowest BCUT2D eigenvalue weighted by Gasteiger charge is -2.29. The molecule has 1 saturated heterocycles. The maximum absolute atomic E-state index is 14.7. The number of amides is 2. The minimum Gasteiger partial charge on any atom is -0.488 e. The Morgan fingerprint density at radius 2 is 1.89 bits per heavy atom. The minimum atomic E-state index is -0.779. The SMILES string of the molecule is CN1CCC[C@@H]2C(=O)Nc3cccc(c32)-c2cccc(c2)O[C@H]2C[C@@H](C1=O)N(c1ncnc3c1cnn3-c1ccc(F)cc1F)C2. The molecule has 5 aromatic rings. The first-order chi connectivity index (χ1) is 22.4. The molecule has 1 N–H and O–H groups in total. The summed E-state index contributed by atoms with van der Waals surface area (Å²) in [6.45, 7) is 0.822. The summed E-state index contributed by atoms with van der Waals surface area (Å²) in [7, 11) is 1.77. The van der Waals surface area contributed by atoms with E-state index < -0.39 is 17.7 Å². The van der Waals surface area contributed by atoms with Crippen LogP contribution in [-0.4, -0.2) is 68.7 Å². The number of anilines is 2. The van der Waals surface area contributed by atoms with Crippen LogP contribution in [0.15, 0.2) is 73.2 Å². The highest BCUT2D eigenvalue weighted by Gasteiger charge is 2.41. The second kappa shape index (κ2) is 10.9. The van der Waals surface area contributed by atoms with Crippen LogP contribution in [0.3, 0.4) is 0 Å². The number of benzene rings is 3. The molecule has 8 rings (SSSR count). The summed E-state index contributed by atoms with van der Waals surface area (Å²) in [6.07, 6.45) is 4.16. The molecule has 232 valence electrons. The molecule has 46 heavy (non-hydrogen) atoms. The molecule has 0 unspecified atom stereocenters. The minimum absolute atomic E-state index is 0.0350. The van der Waals surface area contributed by atoms with E-state index in [2.05, 4.69) is 20.4 Å². The van der Waals surface area contributed by atoms with Gasteiger partial charge >= 0.3 is 0 Å². The van der Waals surface area contributed by atoms with Crippen molar-refractivity contribution in [2.75, 3.05) is 30.4 Å². The van der Waals surface area contributed by atoms with Gasteiger partial charge in [-0.25, -0.2) is 23.4 Å². The third-order valence-corrected chi connectivity index (χ3v) is 9.14. The van der Waals surface area contributed by atoms with Crippen LogP contribution in [0.4, 0.5) is 20.3 Å². The van der Waals surface area contributed by atoms with Gasteiger partial charge in [0.2, 0.25) is 11.8 Å². The predicted octanol–water partition coefficient (Wildman–Crippen LogP) is 5.07. The number of fused-ring (bicyclic) bond motifs is 6. The van der Waals surface area contributed by atoms with Crippen molar-refractivity contribution in [1.82, 2.24) is 24.6 Å². The standard InChI is InChI=1S/C34H29F2N7O3/c1-41-12-4-8-24-30-23(7-3-9-27(30)40-33(24)44)19-5-2-6-21(13-19)46-22-15-29(34(41)45)42(17-22)31-25-16-39-43(32(25)38-18-37-31)28-11-10-20(35)14-26(28)36/h2-3,5-7,9-11,13-14,16,18,22,24,29H,4,8,12,15,17H2,1H3,(H,40,44)/t22-,24-,29-/m0/s1. The van der Waals surface area contributed by atoms with E-state index in [9.17, 15) is 18.4 Å². The first-order valence-electron chi connectivity index (χ1n) is 15.2. The number of hydrogen-bond acceptors (Lipinski definition) is 7. The van der Waals surface area contributed by atoms with E-state index in [4.69, 9.17) is 4.74 Å². The molecule has 1 fully saturated rings. The van der Waals surface area contributed by atoms with Gasteiger partial charge in [-0.05, 0) is 59.9 Å². The number of aromatic nitrogens is 4. The Morgan fingerprint density at radius 3 is 2.76 bits per heavy atom. The highest BCUT2D eigenvalue weighted by atomic mass is 19.1. The van der Waals surface area contributed by atoms with Gasteiger partial charge in [0, 0.05) is 31.8 Å². The molecule has 3 aromatic carbocycles. The molecule has 3 aliphatic heterocycles. The number of nitrogens with one attached hydrogen (secondary N) is 1. The van der Waals surface area contributed by atoms with Crippen LogP contribution in [0.25, 0.3) is 27.8 Å². The zero-order chi connectivity index (χ0) is 31.5. The molecular weight excluding hydrogens is 592 g/mol. The van der Waals surface area contributed by atoms with E-state index >= 15 is 0 Å². The number of ether oxygens (including phenoxy) is 1. The normalized spacial score (nSPS) is 21.1. The van der Waals surface area contributed by atoms with Crippen LogP contribution >= 0.6 is 0 Å². The van der Waals surface area contributed by atoms with Gasteiger partial charge in [-0.3, -0.25) is 9.59 Å². The van der Waals surface area contributed by atoms with Crippen molar-refractivity contribution in [1.29, 1.82) is 0 Å². The van der Waals surface area contributed by atoms with Crippen molar-refractivity contribution in [3.63, 3.8) is 0 Å². The van der Waals surface area contributed by atoms with Crippen LogP contribution in [0, 0.1) is 11.6 Å². The average molecular weight is 622 g/mol. The van der Waals surface area contributed by atoms with Gasteiger partial charge in [0.05, 0.1) is 24.0 Å². The smallest absolute Gasteiger partial charge is 0.245 e. The summed E-state index contributed by atoms with van der Waals surface area (Å²) in [5, 5.41) is 7.91. The van der Waals surface area contributed by atoms with Crippen LogP contribution in [-0.2, 0) is 9.59 Å². The number of carbonyl (C=O) groups is 2. The molecule has 12 heteroatoms. The Bertz CT molecular complexity index is 2030. The number of hydrogen-bond donors (Lipinski definition) is 1. The third kappa shape index (κ3) is 4.63. The van der Waals surface area contributed by atoms with Crippen LogP contribution in [0.1, 0.15) is 30.7 Å². The molecule has 0 radical (unpaired) electrons. The van der Waals surface area contributed by atoms with E-state index in [1.54, 1.807) is 11.9 Å². The Balaban J connectivity index is 1.18. The van der Waals surface area contributed by atoms with Crippen LogP contribution in [0.2, 0.25) is 0 Å². The molecule has 0 saturated carbocycles. The summed E-state index contributed by atoms with van der Waals surface area (Å²) in [6, 6.07) is 16.4. The molecule has 5 heterocycles. The molecule has 10 nitrogen and oxygen atoms in total. The van der Waals surface area contributed by atoms with Crippen molar-refractivity contribution in [3.05, 3.63) is 90.4 Å². The average Bonchev–Trinajstić information content (AvgIpc) is 3.75. The van der Waals surface area contributed by atoms with Crippen LogP contribution < -0.4 is 15.0 Å². The first-order valence-corrected chi connectivity index (χ1v) is 15.2. The van der Waals surface area contributed by atoms with Crippen LogP contribution in [0.5, 0.6) is 5.75 Å². The number of halogens is 2. The fourth-order valence-corrected chi connectivity index (χ4v) is 7.00. The first kappa shape index (κ1) is 28.1. The van der Waals surface area contributed by atoms with Crippen molar-refractivity contribution in [2.24, 2.45) is 0 Å². The summed E-state index contributed by atoms with van der Waals surface area (Å²) in [5.74, 6) is -0.817. The van der Waals surface area contributed by atoms with Crippen molar-refractivity contribution in [2.45, 2.75) is 37.3 Å². The van der Waals surface area contributed by atoms with E-state index in [0.717, 1.165) is 34.5 Å². The largest absolute Gasteiger partial charge is 0.488 e. The van der Waals surface area contributed by atoms with Gasteiger partial charge in [-0.15, -0.1) is 0 Å². The molecular formula is C34H29F2N7O3. The van der Waals surface area contributed by atoms with E-state index in [1.807, 2.05) is 47.4 Å². The lowest BCUT2D eigenvalue weighted by atomic mass is 9.88. The lowest BCUT2D eigenvalue weighted by Crippen LogP contribution is -2.45. The Labute approximate surface area is 262 Å². The summed E-state index contributed by atoms with van der Waals surface area (Å²) in [4.78, 5) is 39.7. The zero-order valence-corrected chi connectivity index (χ0v) is 24.9. The molecule has 0 spiro atoms. The third-order valence-electron chi connectivity index (χ3n) is 9.14. The second-order valence-electron chi connectivity index (χ2n) is 12.0. The van der Waals surface area contributed by atoms with E-state index in [0.29, 0.717) is 55.0 Å². The van der Waals surface area contributed by atoms with Crippen molar-refractivity contribution in [3.8, 4) is 22.6 Å². The monoisotopic (exact) mass is 621 g/mol. The number of rotatable bonds is 2. The molecule has 3 aliphatic rings. The number of nitrogens with zero attached hydrogens (tertiary/aromatic N) is 6. The van der Waals surface area contributed by atoms with E-state index in [1.165, 1.54) is 23.3 Å². The summed E-state index contributed by atoms with van der Waals surface area (Å²) < 4.78 is 36.2. The summed E-state index contributed by atoms with van der Waals surface area (Å²) in [5.41, 5.74) is 4.10. The topological polar surface area (TPSA) is 105 Å². The second-order valence-corrected chi connectivity index (χ2v) is 12.0. The van der Waals surface area contributed by atoms with Gasteiger partial charge in [0.15, 0.2) is 11.5 Å². The fourth-order valence-electron chi connectivity index (χ4n) is 7.00. The highest BCUT2D eigenvalue weighted by molar-refractivity contribution is 6.05. The maximum Gasteiger partial charge on any atom is 0.245 e. The van der Waals surface area contributed by atoms with Gasteiger partial charge < -0.3 is 19.9 Å². The van der Waals surface area contributed by atoms with E-state index in [-0.39, 0.29) is 29.5 Å². The van der Waals surface area contributed by atoms with Gasteiger partial charge in [0.1, 0.15) is 41.5 Å². The Morgan fingerprint density at radius 1 is 1.02 bits per heavy atom. The zero-order valence-electron chi connectivity index (χ0n) is 24.9. The molecule has 2 aromatic heterocycles. The van der Waals surface area contributed by atoms with Gasteiger partial charge in [0.25, 0.3) is 0 Å². The molecule has 2 amide bonds. The highest BCUT2D eigenvalue weighted by Crippen LogP contribution is 2.43. The quantitative estimate of drug-likeness (QED) is 0.293. The van der Waals surface area contributed by atoms with Crippen molar-refractivity contribution >= 4 is 34.4 Å². The summed E-state index contributed by atoms with van der Waals surface area (Å²) >= 11 is 0. The van der Waals surface area contributed by atoms with Gasteiger partial charge in [-0.1, -0.05) is 24.3 Å². The molecule has 3 atom stereocenters. The van der Waals surface area contributed by atoms with Gasteiger partial charge in [-0.2, -0.15) is 5.10 Å². The predicted molar refractivity (Wildman–Crippen MR) is 167 cm³/mol. The number of likely N-dealkylation sites (N-methyl/N-ethyl adjacent to an activating group) is 1. The molecule has 4 bridgehead atoms. The Hall–Kier alpha value is -5.39. The fraction of sp³-hybridized carbons (Fsp3) is 0.265. The number of carbonyl (C=O) groups excluding carboxylic acids is 2. The lowest BCUT2D eigenvalue weighted by molar-refractivity contribution is -0.131. The van der Waals surface area contributed by atoms with Crippen molar-refractivity contribution < 1.29 is 23.1 Å². The Kier molecular flexibility index (Phi) is 6.66. The molecule has 0 aliphatic carbocycles. The maximum atomic E-state index is 14.7.